The van der Waals surface area contributed by atoms with Crippen LogP contribution in [0.25, 0.3) is 11.3 Å². The molecule has 3 heterocycles. The van der Waals surface area contributed by atoms with Crippen LogP contribution in [-0.2, 0) is 6.61 Å². The first-order valence-electron chi connectivity index (χ1n) is 7.65. The lowest BCUT2D eigenvalue weighted by molar-refractivity contribution is -0.360. The molecule has 0 atom stereocenters. The average molecular weight is 337 g/mol. The topological polar surface area (TPSA) is 62.7 Å². The second-order valence-corrected chi connectivity index (χ2v) is 5.44. The smallest absolute Gasteiger partial charge is 0.424 e. The molecule has 0 spiro atoms. The lowest BCUT2D eigenvalue weighted by atomic mass is 10.3. The number of halogens is 1. The first kappa shape index (κ1) is 15.1. The van der Waals surface area contributed by atoms with E-state index < -0.39 is 0 Å². The number of hydrogen-bond donors (Lipinski definition) is 0. The summed E-state index contributed by atoms with van der Waals surface area (Å²) in [5.41, 5.74) is 1.71. The summed E-state index contributed by atoms with van der Waals surface area (Å²) >= 11 is 0. The maximum absolute atomic E-state index is 13.1. The third-order valence-corrected chi connectivity index (χ3v) is 3.74. The maximum atomic E-state index is 13.1. The highest BCUT2D eigenvalue weighted by molar-refractivity contribution is 5.36. The quantitative estimate of drug-likeness (QED) is 0.572. The van der Waals surface area contributed by atoms with Crippen molar-refractivity contribution >= 4 is 5.65 Å². The molecule has 4 aromatic rings. The van der Waals surface area contributed by atoms with Gasteiger partial charge < -0.3 is 4.74 Å². The van der Waals surface area contributed by atoms with Crippen molar-refractivity contribution < 1.29 is 14.1 Å². The molecule has 0 saturated carbocycles. The number of hydrogen-bond acceptors (Lipinski definition) is 3. The molecule has 1 aromatic carbocycles. The summed E-state index contributed by atoms with van der Waals surface area (Å²) in [7, 11) is 0. The summed E-state index contributed by atoms with van der Waals surface area (Å²) in [4.78, 5) is 19.9. The third-order valence-electron chi connectivity index (χ3n) is 3.74. The molecule has 1 N–H and O–H groups in total. The zero-order chi connectivity index (χ0) is 17.2. The van der Waals surface area contributed by atoms with Gasteiger partial charge in [0.05, 0.1) is 5.69 Å². The minimum atomic E-state index is -0.346. The van der Waals surface area contributed by atoms with E-state index >= 15 is 0 Å². The zero-order valence-electron chi connectivity index (χ0n) is 13.1. The van der Waals surface area contributed by atoms with E-state index in [-0.39, 0.29) is 18.1 Å². The first-order valence-corrected chi connectivity index (χ1v) is 7.65. The number of H-pyrrole nitrogens is 1. The van der Waals surface area contributed by atoms with Crippen LogP contribution in [0.3, 0.4) is 0 Å². The number of rotatable bonds is 4. The van der Waals surface area contributed by atoms with Crippen molar-refractivity contribution in [3.8, 4) is 11.6 Å². The van der Waals surface area contributed by atoms with Crippen LogP contribution in [0.15, 0.2) is 71.9 Å². The summed E-state index contributed by atoms with van der Waals surface area (Å²) in [6.07, 6.45) is 4.97. The van der Waals surface area contributed by atoms with Gasteiger partial charge >= 0.3 is 5.69 Å². The van der Waals surface area contributed by atoms with E-state index in [1.807, 2.05) is 12.1 Å². The van der Waals surface area contributed by atoms with Crippen LogP contribution in [0, 0.1) is 5.82 Å². The number of pyridine rings is 1. The Bertz CT molecular complexity index is 1070. The highest BCUT2D eigenvalue weighted by Gasteiger charge is 2.15. The Morgan fingerprint density at radius 3 is 2.72 bits per heavy atom. The third kappa shape index (κ3) is 2.99. The Hall–Kier alpha value is -3.48. The molecule has 6 nitrogen and oxygen atoms in total. The molecule has 0 aliphatic carbocycles. The van der Waals surface area contributed by atoms with Crippen LogP contribution >= 0.6 is 0 Å². The van der Waals surface area contributed by atoms with E-state index in [9.17, 15) is 9.18 Å². The van der Waals surface area contributed by atoms with Crippen molar-refractivity contribution in [1.82, 2.24) is 14.0 Å². The number of ether oxygens (including phenoxy) is 1. The maximum Gasteiger partial charge on any atom is 0.424 e. The largest absolute Gasteiger partial charge is 0.469 e. The van der Waals surface area contributed by atoms with Gasteiger partial charge in [-0.1, -0.05) is 6.07 Å². The van der Waals surface area contributed by atoms with Gasteiger partial charge in [0.2, 0.25) is 5.88 Å². The molecule has 0 radical (unpaired) electrons. The number of fused-ring (bicyclic) bond motifs is 1. The Kier molecular flexibility index (Phi) is 3.74. The van der Waals surface area contributed by atoms with E-state index in [1.165, 1.54) is 21.1 Å². The van der Waals surface area contributed by atoms with Crippen LogP contribution in [0.4, 0.5) is 4.39 Å². The number of nitrogens with one attached hydrogen (secondary N) is 1. The van der Waals surface area contributed by atoms with E-state index in [2.05, 4.69) is 9.97 Å². The number of imidazole rings is 1. The molecular weight excluding hydrogens is 323 g/mol. The minimum Gasteiger partial charge on any atom is -0.469 e. The van der Waals surface area contributed by atoms with Crippen molar-refractivity contribution in [2.24, 2.45) is 0 Å². The SMILES string of the molecule is O=c1n(-c2ccc(F)cc2)ccc2[nH+]c(COc3ccccn3)cn12. The molecule has 0 saturated heterocycles. The highest BCUT2D eigenvalue weighted by atomic mass is 19.1. The van der Waals surface area contributed by atoms with Gasteiger partial charge in [-0.3, -0.25) is 0 Å². The van der Waals surface area contributed by atoms with Crippen LogP contribution in [-0.4, -0.2) is 14.0 Å². The molecule has 124 valence electrons. The number of aromatic amines is 1. The fourth-order valence-electron chi connectivity index (χ4n) is 2.54. The van der Waals surface area contributed by atoms with Crippen molar-refractivity contribution in [3.63, 3.8) is 0 Å². The summed E-state index contributed by atoms with van der Waals surface area (Å²) < 4.78 is 21.6. The van der Waals surface area contributed by atoms with Gasteiger partial charge in [0.15, 0.2) is 12.3 Å². The van der Waals surface area contributed by atoms with Crippen molar-refractivity contribution in [3.05, 3.63) is 89.1 Å². The van der Waals surface area contributed by atoms with Crippen molar-refractivity contribution in [2.75, 3.05) is 0 Å². The van der Waals surface area contributed by atoms with Gasteiger partial charge in [0.25, 0.3) is 5.65 Å². The Morgan fingerprint density at radius 1 is 1.12 bits per heavy atom. The van der Waals surface area contributed by atoms with E-state index in [0.29, 0.717) is 17.2 Å². The molecule has 7 heteroatoms. The van der Waals surface area contributed by atoms with Gasteiger partial charge in [-0.25, -0.2) is 23.7 Å². The molecule has 0 bridgehead atoms. The molecule has 4 rings (SSSR count). The van der Waals surface area contributed by atoms with Gasteiger partial charge in [0.1, 0.15) is 12.0 Å². The predicted octanol–water partition coefficient (Wildman–Crippen LogP) is 2.02. The molecule has 0 aliphatic heterocycles. The molecule has 0 aliphatic rings. The van der Waals surface area contributed by atoms with E-state index in [0.717, 1.165) is 5.69 Å². The lowest BCUT2D eigenvalue weighted by Crippen LogP contribution is -2.25. The Balaban J connectivity index is 1.65. The van der Waals surface area contributed by atoms with Crippen LogP contribution in [0.5, 0.6) is 5.88 Å². The van der Waals surface area contributed by atoms with E-state index in [4.69, 9.17) is 4.74 Å². The molecule has 3 aromatic heterocycles. The molecule has 0 fully saturated rings. The molecular formula is C18H14FN4O2+. The van der Waals surface area contributed by atoms with Gasteiger partial charge in [-0.05, 0) is 30.3 Å². The number of benzene rings is 1. The summed E-state index contributed by atoms with van der Waals surface area (Å²) in [5.74, 6) is 0.163. The highest BCUT2D eigenvalue weighted by Crippen LogP contribution is 2.09. The van der Waals surface area contributed by atoms with Crippen molar-refractivity contribution in [2.45, 2.75) is 6.61 Å². The molecule has 0 amide bonds. The van der Waals surface area contributed by atoms with Crippen LogP contribution < -0.4 is 15.4 Å². The first-order chi connectivity index (χ1) is 12.2. The standard InChI is InChI=1S/C18H13FN4O2/c19-13-4-6-15(7-5-13)22-10-8-16-21-14(11-23(16)18(22)24)12-25-17-3-1-2-9-20-17/h1-11H,12H2/p+1. The summed E-state index contributed by atoms with van der Waals surface area (Å²) in [5, 5.41) is 0. The van der Waals surface area contributed by atoms with E-state index in [1.54, 1.807) is 42.9 Å². The Labute approximate surface area is 141 Å². The fourth-order valence-corrected chi connectivity index (χ4v) is 2.54. The summed E-state index contributed by atoms with van der Waals surface area (Å²) in [6, 6.07) is 12.9. The molecule has 0 unspecified atom stereocenters. The fraction of sp³-hybridized carbons (Fsp3) is 0.0556. The number of aromatic nitrogens is 4. The van der Waals surface area contributed by atoms with Crippen molar-refractivity contribution in [1.29, 1.82) is 0 Å². The normalized spacial score (nSPS) is 10.9. The average Bonchev–Trinajstić information content (AvgIpc) is 3.06. The predicted molar refractivity (Wildman–Crippen MR) is 88.1 cm³/mol. The van der Waals surface area contributed by atoms with Crippen LogP contribution in [0.1, 0.15) is 5.69 Å². The monoisotopic (exact) mass is 337 g/mol. The Morgan fingerprint density at radius 2 is 1.96 bits per heavy atom. The lowest BCUT2D eigenvalue weighted by Gasteiger charge is -2.02. The van der Waals surface area contributed by atoms with Gasteiger partial charge in [-0.15, -0.1) is 4.40 Å². The van der Waals surface area contributed by atoms with Crippen LogP contribution in [0.2, 0.25) is 0 Å². The zero-order valence-corrected chi connectivity index (χ0v) is 13.1. The molecule has 25 heavy (non-hydrogen) atoms. The van der Waals surface area contributed by atoms with Gasteiger partial charge in [-0.2, -0.15) is 0 Å². The van der Waals surface area contributed by atoms with Gasteiger partial charge in [0, 0.05) is 24.5 Å². The summed E-state index contributed by atoms with van der Waals surface area (Å²) in [6.45, 7) is 0.259. The minimum absolute atomic E-state index is 0.259. The second kappa shape index (κ2) is 6.20. The number of nitrogens with zero attached hydrogens (tertiary/aromatic N) is 3. The second-order valence-electron chi connectivity index (χ2n) is 5.44.